The molecule has 0 spiro atoms. The number of pyridine rings is 1. The molecule has 0 saturated heterocycles. The Morgan fingerprint density at radius 3 is 2.56 bits per heavy atom. The fourth-order valence-electron chi connectivity index (χ4n) is 4.39. The monoisotopic (exact) mass is 430 g/mol. The first-order valence-electron chi connectivity index (χ1n) is 11.5. The average molecular weight is 431 g/mol. The highest BCUT2D eigenvalue weighted by molar-refractivity contribution is 6.05. The quantitative estimate of drug-likeness (QED) is 0.436. The summed E-state index contributed by atoms with van der Waals surface area (Å²) in [7, 11) is 0. The maximum absolute atomic E-state index is 13.1. The lowest BCUT2D eigenvalue weighted by Gasteiger charge is -2.16. The normalized spacial score (nSPS) is 14.3. The summed E-state index contributed by atoms with van der Waals surface area (Å²) in [6.07, 6.45) is 5.89. The Morgan fingerprint density at radius 2 is 1.78 bits per heavy atom. The molecule has 32 heavy (non-hydrogen) atoms. The number of amides is 1. The number of carbonyl (C=O) groups excluding carboxylic acids is 2. The van der Waals surface area contributed by atoms with Crippen molar-refractivity contribution in [2.24, 2.45) is 0 Å². The summed E-state index contributed by atoms with van der Waals surface area (Å²) in [5.74, 6) is -0.758. The van der Waals surface area contributed by atoms with Gasteiger partial charge in [-0.1, -0.05) is 55.8 Å². The molecular weight excluding hydrogens is 400 g/mol. The molecule has 1 aliphatic rings. The number of nitrogens with one attached hydrogen (secondary N) is 1. The summed E-state index contributed by atoms with van der Waals surface area (Å²) in [6.45, 7) is 3.73. The fraction of sp³-hybridized carbons (Fsp3) is 0.370. The molecule has 0 saturated carbocycles. The third-order valence-electron chi connectivity index (χ3n) is 6.22. The summed E-state index contributed by atoms with van der Waals surface area (Å²) in [5, 5.41) is 3.72. The molecule has 1 N–H and O–H groups in total. The second-order valence-electron chi connectivity index (χ2n) is 8.45. The Bertz CT molecular complexity index is 1120. The molecule has 4 rings (SSSR count). The molecule has 0 unspecified atom stereocenters. The van der Waals surface area contributed by atoms with E-state index in [1.807, 2.05) is 43.3 Å². The molecule has 166 valence electrons. The number of aromatic nitrogens is 1. The summed E-state index contributed by atoms with van der Waals surface area (Å²) in [4.78, 5) is 30.4. The zero-order chi connectivity index (χ0) is 22.5. The van der Waals surface area contributed by atoms with E-state index in [0.29, 0.717) is 5.56 Å². The van der Waals surface area contributed by atoms with Gasteiger partial charge in [-0.05, 0) is 61.8 Å². The van der Waals surface area contributed by atoms with Crippen LogP contribution in [0, 0.1) is 0 Å². The molecule has 1 atom stereocenters. The number of nitrogens with zero attached hydrogens (tertiary/aromatic N) is 1. The number of benzene rings is 2. The van der Waals surface area contributed by atoms with Crippen molar-refractivity contribution in [3.63, 3.8) is 0 Å². The molecule has 2 aromatic carbocycles. The molecule has 1 heterocycles. The molecular formula is C27H30N2O3. The van der Waals surface area contributed by atoms with Gasteiger partial charge < -0.3 is 10.1 Å². The maximum atomic E-state index is 13.1. The smallest absolute Gasteiger partial charge is 0.339 e. The van der Waals surface area contributed by atoms with Crippen molar-refractivity contribution in [1.82, 2.24) is 10.3 Å². The Balaban J connectivity index is 1.48. The van der Waals surface area contributed by atoms with Crippen molar-refractivity contribution in [2.45, 2.75) is 58.4 Å². The van der Waals surface area contributed by atoms with E-state index in [4.69, 9.17) is 9.72 Å². The number of hydrogen-bond donors (Lipinski definition) is 1. The van der Waals surface area contributed by atoms with Gasteiger partial charge in [0.2, 0.25) is 0 Å². The molecule has 0 radical (unpaired) electrons. The lowest BCUT2D eigenvalue weighted by molar-refractivity contribution is -0.124. The van der Waals surface area contributed by atoms with Crippen LogP contribution >= 0.6 is 0 Å². The van der Waals surface area contributed by atoms with Crippen LogP contribution in [-0.4, -0.2) is 23.5 Å². The van der Waals surface area contributed by atoms with Gasteiger partial charge >= 0.3 is 5.97 Å². The summed E-state index contributed by atoms with van der Waals surface area (Å²) in [6, 6.07) is 15.7. The van der Waals surface area contributed by atoms with Crippen LogP contribution in [0.15, 0.2) is 48.5 Å². The van der Waals surface area contributed by atoms with Gasteiger partial charge in [0.1, 0.15) is 0 Å². The predicted octanol–water partition coefficient (Wildman–Crippen LogP) is 5.10. The zero-order valence-corrected chi connectivity index (χ0v) is 18.8. The lowest BCUT2D eigenvalue weighted by Crippen LogP contribution is -2.31. The first-order chi connectivity index (χ1) is 15.6. The summed E-state index contributed by atoms with van der Waals surface area (Å²) < 4.78 is 5.50. The molecule has 0 fully saturated rings. The van der Waals surface area contributed by atoms with Gasteiger partial charge in [0.15, 0.2) is 6.61 Å². The number of para-hydroxylation sites is 1. The first kappa shape index (κ1) is 22.0. The zero-order valence-electron chi connectivity index (χ0n) is 18.8. The highest BCUT2D eigenvalue weighted by atomic mass is 16.5. The van der Waals surface area contributed by atoms with Crippen molar-refractivity contribution in [1.29, 1.82) is 0 Å². The van der Waals surface area contributed by atoms with Crippen LogP contribution in [0.5, 0.6) is 0 Å². The van der Waals surface area contributed by atoms with E-state index in [2.05, 4.69) is 24.4 Å². The van der Waals surface area contributed by atoms with Gasteiger partial charge in [-0.15, -0.1) is 0 Å². The van der Waals surface area contributed by atoms with Gasteiger partial charge in [0, 0.05) is 11.1 Å². The minimum atomic E-state index is -0.447. The topological polar surface area (TPSA) is 68.3 Å². The van der Waals surface area contributed by atoms with Crippen LogP contribution in [-0.2, 0) is 28.8 Å². The summed E-state index contributed by atoms with van der Waals surface area (Å²) >= 11 is 0. The van der Waals surface area contributed by atoms with Crippen LogP contribution < -0.4 is 5.32 Å². The van der Waals surface area contributed by atoms with Crippen molar-refractivity contribution in [3.05, 3.63) is 76.5 Å². The van der Waals surface area contributed by atoms with E-state index in [0.717, 1.165) is 66.2 Å². The highest BCUT2D eigenvalue weighted by Crippen LogP contribution is 2.29. The third kappa shape index (κ3) is 4.82. The molecule has 1 amide bonds. The molecule has 3 aromatic rings. The van der Waals surface area contributed by atoms with Crippen LogP contribution in [0.3, 0.4) is 0 Å². The number of carbonyl (C=O) groups is 2. The van der Waals surface area contributed by atoms with Crippen molar-refractivity contribution in [3.8, 4) is 0 Å². The maximum Gasteiger partial charge on any atom is 0.339 e. The Labute approximate surface area is 189 Å². The minimum absolute atomic E-state index is 0.162. The van der Waals surface area contributed by atoms with Gasteiger partial charge in [-0.2, -0.15) is 0 Å². The molecule has 5 heteroatoms. The average Bonchev–Trinajstić information content (AvgIpc) is 3.06. The van der Waals surface area contributed by atoms with Gasteiger partial charge in [-0.3, -0.25) is 9.78 Å². The van der Waals surface area contributed by atoms with Crippen LogP contribution in [0.4, 0.5) is 0 Å². The minimum Gasteiger partial charge on any atom is -0.452 e. The fourth-order valence-corrected chi connectivity index (χ4v) is 4.39. The SMILES string of the molecule is CCc1ccc([C@H](C)NC(=O)COC(=O)c2c3c(nc4ccccc24)CCCCC3)cc1. The molecule has 0 bridgehead atoms. The Morgan fingerprint density at radius 1 is 1.03 bits per heavy atom. The number of fused-ring (bicyclic) bond motifs is 2. The standard InChI is InChI=1S/C27H30N2O3/c1-3-19-13-15-20(16-14-19)18(2)28-25(30)17-32-27(31)26-21-9-5-4-6-11-23(21)29-24-12-8-7-10-22(24)26/h7-8,10,12-16,18H,3-6,9,11,17H2,1-2H3,(H,28,30)/t18-/m0/s1. The number of rotatable bonds is 6. The second-order valence-corrected chi connectivity index (χ2v) is 8.45. The van der Waals surface area contributed by atoms with Crippen molar-refractivity contribution >= 4 is 22.8 Å². The molecule has 1 aliphatic carbocycles. The Hall–Kier alpha value is -3.21. The number of esters is 1. The van der Waals surface area contributed by atoms with E-state index in [-0.39, 0.29) is 18.6 Å². The first-order valence-corrected chi connectivity index (χ1v) is 11.5. The predicted molar refractivity (Wildman–Crippen MR) is 126 cm³/mol. The largest absolute Gasteiger partial charge is 0.452 e. The third-order valence-corrected chi connectivity index (χ3v) is 6.22. The number of ether oxygens (including phenoxy) is 1. The number of aryl methyl sites for hydroxylation is 2. The molecule has 5 nitrogen and oxygen atoms in total. The van der Waals surface area contributed by atoms with Crippen molar-refractivity contribution in [2.75, 3.05) is 6.61 Å². The number of hydrogen-bond acceptors (Lipinski definition) is 4. The van der Waals surface area contributed by atoms with Gasteiger partial charge in [0.05, 0.1) is 17.1 Å². The highest BCUT2D eigenvalue weighted by Gasteiger charge is 2.23. The van der Waals surface area contributed by atoms with Gasteiger partial charge in [0.25, 0.3) is 5.91 Å². The summed E-state index contributed by atoms with van der Waals surface area (Å²) in [5.41, 5.74) is 5.62. The van der Waals surface area contributed by atoms with E-state index in [1.54, 1.807) is 0 Å². The van der Waals surface area contributed by atoms with Crippen LogP contribution in [0.25, 0.3) is 10.9 Å². The van der Waals surface area contributed by atoms with E-state index in [1.165, 1.54) is 5.56 Å². The van der Waals surface area contributed by atoms with Crippen LogP contribution in [0.2, 0.25) is 0 Å². The molecule has 1 aromatic heterocycles. The lowest BCUT2D eigenvalue weighted by atomic mass is 9.97. The van der Waals surface area contributed by atoms with Crippen LogP contribution in [0.1, 0.15) is 71.9 Å². The van der Waals surface area contributed by atoms with Crippen molar-refractivity contribution < 1.29 is 14.3 Å². The van der Waals surface area contributed by atoms with E-state index < -0.39 is 5.97 Å². The second kappa shape index (κ2) is 9.94. The Kier molecular flexibility index (Phi) is 6.84. The van der Waals surface area contributed by atoms with E-state index >= 15 is 0 Å². The van der Waals surface area contributed by atoms with E-state index in [9.17, 15) is 9.59 Å². The molecule has 0 aliphatic heterocycles. The van der Waals surface area contributed by atoms with Gasteiger partial charge in [-0.25, -0.2) is 4.79 Å².